The summed E-state index contributed by atoms with van der Waals surface area (Å²) >= 11 is 0. The average Bonchev–Trinajstić information content (AvgIpc) is 3.45. The van der Waals surface area contributed by atoms with Crippen LogP contribution in [0.5, 0.6) is 0 Å². The fourth-order valence-corrected chi connectivity index (χ4v) is 5.22. The van der Waals surface area contributed by atoms with E-state index in [1.165, 1.54) is 11.8 Å². The molecule has 1 atom stereocenters. The molecule has 2 aromatic heterocycles. The normalized spacial score (nSPS) is 17.7. The van der Waals surface area contributed by atoms with Crippen LogP contribution in [0, 0.1) is 0 Å². The minimum absolute atomic E-state index is 0.0909. The van der Waals surface area contributed by atoms with Crippen molar-refractivity contribution in [3.63, 3.8) is 0 Å². The summed E-state index contributed by atoms with van der Waals surface area (Å²) in [5.74, 6) is 0.446. The smallest absolute Gasteiger partial charge is 0.278 e. The maximum absolute atomic E-state index is 13.1. The summed E-state index contributed by atoms with van der Waals surface area (Å²) in [5.41, 5.74) is 3.76. The molecule has 1 aliphatic carbocycles. The highest BCUT2D eigenvalue weighted by atomic mass is 32.2. The maximum Gasteiger partial charge on any atom is 0.278 e. The summed E-state index contributed by atoms with van der Waals surface area (Å²) in [6, 6.07) is 17.0. The first kappa shape index (κ1) is 23.0. The Kier molecular flexibility index (Phi) is 5.80. The van der Waals surface area contributed by atoms with Gasteiger partial charge in [-0.15, -0.1) is 0 Å². The van der Waals surface area contributed by atoms with Gasteiger partial charge in [-0.05, 0) is 41.5 Å². The minimum Gasteiger partial charge on any atom is -0.360 e. The zero-order valence-electron chi connectivity index (χ0n) is 19.6. The number of carbonyl (C=O) groups excluding carboxylic acids is 1. The Hall–Kier alpha value is -3.72. The molecule has 0 aliphatic heterocycles. The number of anilines is 1. The van der Waals surface area contributed by atoms with E-state index < -0.39 is 9.84 Å². The van der Waals surface area contributed by atoms with Gasteiger partial charge in [-0.2, -0.15) is 5.10 Å². The van der Waals surface area contributed by atoms with Crippen molar-refractivity contribution in [3.05, 3.63) is 95.1 Å². The quantitative estimate of drug-likeness (QED) is 0.437. The van der Waals surface area contributed by atoms with Gasteiger partial charge in [-0.25, -0.2) is 8.42 Å². The van der Waals surface area contributed by atoms with Crippen LogP contribution >= 0.6 is 0 Å². The van der Waals surface area contributed by atoms with Crippen LogP contribution in [0.3, 0.4) is 0 Å². The first-order chi connectivity index (χ1) is 16.7. The molecule has 0 spiro atoms. The molecule has 1 N–H and O–H groups in total. The van der Waals surface area contributed by atoms with Crippen molar-refractivity contribution >= 4 is 21.4 Å². The van der Waals surface area contributed by atoms with Crippen LogP contribution in [0.2, 0.25) is 0 Å². The van der Waals surface area contributed by atoms with Gasteiger partial charge in [0.1, 0.15) is 5.76 Å². The topological polar surface area (TPSA) is 107 Å². The van der Waals surface area contributed by atoms with Gasteiger partial charge in [0.25, 0.3) is 5.91 Å². The van der Waals surface area contributed by atoms with E-state index in [1.54, 1.807) is 41.3 Å². The predicted octanol–water partition coefficient (Wildman–Crippen LogP) is 4.02. The summed E-state index contributed by atoms with van der Waals surface area (Å²) in [4.78, 5) is 13.3. The molecule has 5 rings (SSSR count). The molecular formula is C26H26N4O4S. The third-order valence-electron chi connectivity index (χ3n) is 6.61. The summed E-state index contributed by atoms with van der Waals surface area (Å²) in [7, 11) is -3.24. The van der Waals surface area contributed by atoms with Crippen molar-refractivity contribution in [1.82, 2.24) is 14.9 Å². The molecule has 0 bridgehead atoms. The molecule has 1 aliphatic rings. The largest absolute Gasteiger partial charge is 0.360 e. The lowest BCUT2D eigenvalue weighted by molar-refractivity contribution is 0.101. The lowest BCUT2D eigenvalue weighted by atomic mass is 9.70. The first-order valence-corrected chi connectivity index (χ1v) is 13.3. The lowest BCUT2D eigenvalue weighted by Gasteiger charge is -2.33. The Bertz CT molecular complexity index is 1470. The molecule has 1 unspecified atom stereocenters. The fourth-order valence-electron chi connectivity index (χ4n) is 4.59. The van der Waals surface area contributed by atoms with Crippen LogP contribution in [0.1, 0.15) is 46.3 Å². The van der Waals surface area contributed by atoms with Crippen LogP contribution < -0.4 is 5.32 Å². The summed E-state index contributed by atoms with van der Waals surface area (Å²) < 4.78 is 30.5. The van der Waals surface area contributed by atoms with Crippen molar-refractivity contribution in [2.45, 2.75) is 43.0 Å². The highest BCUT2D eigenvalue weighted by Gasteiger charge is 2.37. The molecule has 0 saturated carbocycles. The Morgan fingerprint density at radius 3 is 2.60 bits per heavy atom. The Balaban J connectivity index is 1.29. The van der Waals surface area contributed by atoms with E-state index in [0.29, 0.717) is 24.3 Å². The van der Waals surface area contributed by atoms with Gasteiger partial charge in [0.2, 0.25) is 0 Å². The van der Waals surface area contributed by atoms with Crippen molar-refractivity contribution in [3.8, 4) is 0 Å². The second kappa shape index (κ2) is 8.81. The fraction of sp³-hybridized carbons (Fsp3) is 0.269. The zero-order chi connectivity index (χ0) is 24.6. The van der Waals surface area contributed by atoms with E-state index in [1.807, 2.05) is 18.2 Å². The van der Waals surface area contributed by atoms with E-state index in [9.17, 15) is 13.2 Å². The van der Waals surface area contributed by atoms with Crippen LogP contribution in [-0.4, -0.2) is 35.5 Å². The SMILES string of the molecule is CC1(c2ccccc2)CCc2onc(C(=O)Nc3cnn(Cc4ccc(S(C)(=O)=O)cc4)c3)c2C1. The van der Waals surface area contributed by atoms with Gasteiger partial charge in [0, 0.05) is 24.4 Å². The molecule has 0 fully saturated rings. The molecule has 4 aromatic rings. The van der Waals surface area contributed by atoms with Crippen LogP contribution in [0.15, 0.2) is 76.4 Å². The minimum atomic E-state index is -3.24. The van der Waals surface area contributed by atoms with E-state index in [4.69, 9.17) is 4.52 Å². The summed E-state index contributed by atoms with van der Waals surface area (Å²) in [5, 5.41) is 11.3. The molecule has 2 heterocycles. The Labute approximate surface area is 203 Å². The van der Waals surface area contributed by atoms with Crippen LogP contribution in [0.4, 0.5) is 5.69 Å². The van der Waals surface area contributed by atoms with Crippen molar-refractivity contribution < 1.29 is 17.7 Å². The van der Waals surface area contributed by atoms with Gasteiger partial charge in [-0.3, -0.25) is 9.48 Å². The Morgan fingerprint density at radius 1 is 1.14 bits per heavy atom. The Morgan fingerprint density at radius 2 is 1.89 bits per heavy atom. The number of benzene rings is 2. The average molecular weight is 491 g/mol. The van der Waals surface area contributed by atoms with Gasteiger partial charge in [-0.1, -0.05) is 54.5 Å². The number of fused-ring (bicyclic) bond motifs is 1. The molecule has 9 heteroatoms. The van der Waals surface area contributed by atoms with E-state index >= 15 is 0 Å². The van der Waals surface area contributed by atoms with Gasteiger partial charge in [0.15, 0.2) is 15.5 Å². The monoisotopic (exact) mass is 490 g/mol. The molecule has 180 valence electrons. The standard InChI is InChI=1S/C26H26N4O4S/c1-26(19-6-4-3-5-7-19)13-12-23-22(14-26)24(29-34-23)25(31)28-20-15-27-30(17-20)16-18-8-10-21(11-9-18)35(2,32)33/h3-11,15,17H,12-14,16H2,1-2H3,(H,28,31). The van der Waals surface area contributed by atoms with Crippen LogP contribution in [0.25, 0.3) is 0 Å². The molecule has 2 aromatic carbocycles. The molecule has 35 heavy (non-hydrogen) atoms. The van der Waals surface area contributed by atoms with Crippen LogP contribution in [-0.2, 0) is 34.6 Å². The highest BCUT2D eigenvalue weighted by Crippen LogP contribution is 2.39. The number of aromatic nitrogens is 3. The number of amides is 1. The molecular weight excluding hydrogens is 464 g/mol. The number of nitrogens with one attached hydrogen (secondary N) is 1. The van der Waals surface area contributed by atoms with E-state index in [2.05, 4.69) is 34.6 Å². The molecule has 0 saturated heterocycles. The van der Waals surface area contributed by atoms with E-state index in [-0.39, 0.29) is 16.2 Å². The highest BCUT2D eigenvalue weighted by molar-refractivity contribution is 7.90. The number of nitrogens with zero attached hydrogens (tertiary/aromatic N) is 3. The first-order valence-electron chi connectivity index (χ1n) is 11.4. The molecule has 1 amide bonds. The van der Waals surface area contributed by atoms with E-state index in [0.717, 1.165) is 29.7 Å². The van der Waals surface area contributed by atoms with Crippen molar-refractivity contribution in [1.29, 1.82) is 0 Å². The number of carbonyl (C=O) groups is 1. The second-order valence-corrected chi connectivity index (χ2v) is 11.3. The summed E-state index contributed by atoms with van der Waals surface area (Å²) in [6.07, 6.45) is 6.82. The molecule has 0 radical (unpaired) electrons. The number of hydrogen-bond donors (Lipinski definition) is 1. The van der Waals surface area contributed by atoms with Gasteiger partial charge >= 0.3 is 0 Å². The number of rotatable bonds is 6. The number of sulfone groups is 1. The zero-order valence-corrected chi connectivity index (χ0v) is 20.4. The third-order valence-corrected chi connectivity index (χ3v) is 7.74. The number of hydrogen-bond acceptors (Lipinski definition) is 6. The lowest BCUT2D eigenvalue weighted by Crippen LogP contribution is -2.31. The predicted molar refractivity (Wildman–Crippen MR) is 131 cm³/mol. The van der Waals surface area contributed by atoms with Gasteiger partial charge in [0.05, 0.1) is 23.3 Å². The van der Waals surface area contributed by atoms with Crippen molar-refractivity contribution in [2.24, 2.45) is 0 Å². The van der Waals surface area contributed by atoms with Crippen molar-refractivity contribution in [2.75, 3.05) is 11.6 Å². The summed E-state index contributed by atoms with van der Waals surface area (Å²) in [6.45, 7) is 2.65. The second-order valence-electron chi connectivity index (χ2n) is 9.33. The van der Waals surface area contributed by atoms with Gasteiger partial charge < -0.3 is 9.84 Å². The third kappa shape index (κ3) is 4.77. The number of aryl methyl sites for hydroxylation is 1. The molecule has 8 nitrogen and oxygen atoms in total. The maximum atomic E-state index is 13.1.